The van der Waals surface area contributed by atoms with E-state index in [1.54, 1.807) is 24.9 Å². The third-order valence-electron chi connectivity index (χ3n) is 4.46. The molecule has 6 nitrogen and oxygen atoms in total. The predicted octanol–water partition coefficient (Wildman–Crippen LogP) is 2.44. The van der Waals surface area contributed by atoms with Gasteiger partial charge in [-0.05, 0) is 31.5 Å². The van der Waals surface area contributed by atoms with Gasteiger partial charge < -0.3 is 0 Å². The van der Waals surface area contributed by atoms with Crippen LogP contribution in [0.15, 0.2) is 55.5 Å². The summed E-state index contributed by atoms with van der Waals surface area (Å²) < 4.78 is 1.94. The number of rotatable bonds is 4. The number of pyridine rings is 1. The lowest BCUT2D eigenvalue weighted by atomic mass is 9.94. The molecule has 0 N–H and O–H groups in total. The Morgan fingerprint density at radius 3 is 2.83 bits per heavy atom. The summed E-state index contributed by atoms with van der Waals surface area (Å²) >= 11 is 0. The third-order valence-corrected chi connectivity index (χ3v) is 4.46. The topological polar surface area (TPSA) is 59.7 Å². The Morgan fingerprint density at radius 1 is 1.04 bits per heavy atom. The fraction of sp³-hybridized carbons (Fsp3) is 0.333. The lowest BCUT2D eigenvalue weighted by Crippen LogP contribution is -2.34. The molecule has 3 aromatic rings. The lowest BCUT2D eigenvalue weighted by Gasteiger charge is -2.32. The molecule has 0 bridgehead atoms. The molecule has 4 heterocycles. The van der Waals surface area contributed by atoms with Gasteiger partial charge in [-0.25, -0.2) is 9.97 Å². The second-order valence-corrected chi connectivity index (χ2v) is 6.13. The minimum Gasteiger partial charge on any atom is -0.297 e. The summed E-state index contributed by atoms with van der Waals surface area (Å²) in [7, 11) is 0. The standard InChI is InChI=1S/C18H20N6/c1-2-6-20-16(5-1)13-23-10-3-4-15(12-23)17-18(22-8-7-21-17)24-11-9-19-14-24/h1-2,5-9,11,14-15H,3-4,10,12-13H2. The average Bonchev–Trinajstić information content (AvgIpc) is 3.17. The van der Waals surface area contributed by atoms with Crippen LogP contribution in [0.2, 0.25) is 0 Å². The van der Waals surface area contributed by atoms with Crippen molar-refractivity contribution in [2.24, 2.45) is 0 Å². The van der Waals surface area contributed by atoms with E-state index < -0.39 is 0 Å². The Bertz CT molecular complexity index is 771. The molecule has 1 aliphatic heterocycles. The van der Waals surface area contributed by atoms with Gasteiger partial charge in [0, 0.05) is 50.0 Å². The number of aromatic nitrogens is 5. The van der Waals surface area contributed by atoms with Crippen LogP contribution < -0.4 is 0 Å². The summed E-state index contributed by atoms with van der Waals surface area (Å²) in [5, 5.41) is 0. The molecule has 1 aliphatic rings. The monoisotopic (exact) mass is 320 g/mol. The Labute approximate surface area is 141 Å². The van der Waals surface area contributed by atoms with Crippen LogP contribution in [-0.4, -0.2) is 42.5 Å². The third kappa shape index (κ3) is 3.19. The van der Waals surface area contributed by atoms with Crippen LogP contribution in [0.4, 0.5) is 0 Å². The average molecular weight is 320 g/mol. The molecule has 122 valence electrons. The van der Waals surface area contributed by atoms with E-state index in [2.05, 4.69) is 30.9 Å². The fourth-order valence-corrected chi connectivity index (χ4v) is 3.36. The van der Waals surface area contributed by atoms with Gasteiger partial charge in [-0.3, -0.25) is 19.4 Å². The number of hydrogen-bond acceptors (Lipinski definition) is 5. The van der Waals surface area contributed by atoms with Crippen molar-refractivity contribution in [2.45, 2.75) is 25.3 Å². The molecule has 1 atom stereocenters. The molecule has 0 amide bonds. The zero-order chi connectivity index (χ0) is 16.2. The molecule has 24 heavy (non-hydrogen) atoms. The van der Waals surface area contributed by atoms with E-state index >= 15 is 0 Å². The van der Waals surface area contributed by atoms with Gasteiger partial charge in [0.25, 0.3) is 0 Å². The quantitative estimate of drug-likeness (QED) is 0.739. The number of imidazole rings is 1. The maximum atomic E-state index is 4.65. The highest BCUT2D eigenvalue weighted by atomic mass is 15.1. The van der Waals surface area contributed by atoms with E-state index in [-0.39, 0.29) is 0 Å². The van der Waals surface area contributed by atoms with Crippen molar-refractivity contribution in [1.82, 2.24) is 29.4 Å². The predicted molar refractivity (Wildman–Crippen MR) is 90.6 cm³/mol. The van der Waals surface area contributed by atoms with Crippen molar-refractivity contribution >= 4 is 0 Å². The summed E-state index contributed by atoms with van der Waals surface area (Å²) in [6.45, 7) is 2.97. The first-order valence-corrected chi connectivity index (χ1v) is 8.31. The molecule has 0 aliphatic carbocycles. The van der Waals surface area contributed by atoms with Gasteiger partial charge in [0.1, 0.15) is 6.33 Å². The maximum Gasteiger partial charge on any atom is 0.160 e. The molecule has 0 aromatic carbocycles. The summed E-state index contributed by atoms with van der Waals surface area (Å²) in [6, 6.07) is 6.09. The highest BCUT2D eigenvalue weighted by molar-refractivity contribution is 5.31. The van der Waals surface area contributed by atoms with Gasteiger partial charge in [-0.1, -0.05) is 6.07 Å². The maximum absolute atomic E-state index is 4.65. The van der Waals surface area contributed by atoms with Crippen LogP contribution in [0.5, 0.6) is 0 Å². The van der Waals surface area contributed by atoms with E-state index in [0.717, 1.165) is 49.7 Å². The zero-order valence-corrected chi connectivity index (χ0v) is 13.5. The second kappa shape index (κ2) is 6.88. The summed E-state index contributed by atoms with van der Waals surface area (Å²) in [4.78, 5) is 20.2. The van der Waals surface area contributed by atoms with Gasteiger partial charge in [0.05, 0.1) is 11.4 Å². The Morgan fingerprint density at radius 2 is 2.00 bits per heavy atom. The molecular formula is C18H20N6. The zero-order valence-electron chi connectivity index (χ0n) is 13.5. The highest BCUT2D eigenvalue weighted by Gasteiger charge is 2.25. The molecule has 3 aromatic heterocycles. The second-order valence-electron chi connectivity index (χ2n) is 6.13. The van der Waals surface area contributed by atoms with Crippen LogP contribution >= 0.6 is 0 Å². The number of likely N-dealkylation sites (tertiary alicyclic amines) is 1. The largest absolute Gasteiger partial charge is 0.297 e. The Balaban J connectivity index is 1.55. The van der Waals surface area contributed by atoms with Gasteiger partial charge in [0.2, 0.25) is 0 Å². The molecule has 4 rings (SSSR count). The summed E-state index contributed by atoms with van der Waals surface area (Å²) in [5.41, 5.74) is 2.17. The SMILES string of the molecule is c1ccc(CN2CCCC(c3nccnc3-n3ccnc3)C2)nc1. The molecular weight excluding hydrogens is 300 g/mol. The molecule has 0 spiro atoms. The van der Waals surface area contributed by atoms with Crippen LogP contribution in [0.3, 0.4) is 0 Å². The summed E-state index contributed by atoms with van der Waals surface area (Å²) in [5.74, 6) is 1.27. The van der Waals surface area contributed by atoms with E-state index in [9.17, 15) is 0 Å². The smallest absolute Gasteiger partial charge is 0.160 e. The first-order valence-electron chi connectivity index (χ1n) is 8.31. The van der Waals surface area contributed by atoms with E-state index in [1.165, 1.54) is 0 Å². The van der Waals surface area contributed by atoms with Gasteiger partial charge in [-0.15, -0.1) is 0 Å². The van der Waals surface area contributed by atoms with Crippen LogP contribution in [-0.2, 0) is 6.54 Å². The Hall–Kier alpha value is -2.60. The van der Waals surface area contributed by atoms with E-state index in [1.807, 2.05) is 29.1 Å². The van der Waals surface area contributed by atoms with Crippen LogP contribution in [0.25, 0.3) is 5.82 Å². The molecule has 1 unspecified atom stereocenters. The van der Waals surface area contributed by atoms with Crippen molar-refractivity contribution in [1.29, 1.82) is 0 Å². The molecule has 0 radical (unpaired) electrons. The molecule has 0 saturated carbocycles. The van der Waals surface area contributed by atoms with Crippen LogP contribution in [0, 0.1) is 0 Å². The lowest BCUT2D eigenvalue weighted by molar-refractivity contribution is 0.196. The minimum atomic E-state index is 0.383. The highest BCUT2D eigenvalue weighted by Crippen LogP contribution is 2.29. The molecule has 1 fully saturated rings. The first kappa shape index (κ1) is 15.0. The normalized spacial score (nSPS) is 18.6. The minimum absolute atomic E-state index is 0.383. The van der Waals surface area contributed by atoms with Gasteiger partial charge in [-0.2, -0.15) is 0 Å². The van der Waals surface area contributed by atoms with Gasteiger partial charge in [0.15, 0.2) is 5.82 Å². The van der Waals surface area contributed by atoms with E-state index in [0.29, 0.717) is 5.92 Å². The Kier molecular flexibility index (Phi) is 4.29. The van der Waals surface area contributed by atoms with Crippen molar-refractivity contribution in [2.75, 3.05) is 13.1 Å². The number of piperidine rings is 1. The number of hydrogen-bond donors (Lipinski definition) is 0. The summed E-state index contributed by atoms with van der Waals surface area (Å²) in [6.07, 6.45) is 13.2. The first-order chi connectivity index (χ1) is 11.9. The fourth-order valence-electron chi connectivity index (χ4n) is 3.36. The van der Waals surface area contributed by atoms with Crippen molar-refractivity contribution in [3.8, 4) is 5.82 Å². The number of nitrogens with zero attached hydrogens (tertiary/aromatic N) is 6. The van der Waals surface area contributed by atoms with Crippen LogP contribution in [0.1, 0.15) is 30.1 Å². The molecule has 1 saturated heterocycles. The van der Waals surface area contributed by atoms with Crippen molar-refractivity contribution in [3.05, 3.63) is 66.9 Å². The van der Waals surface area contributed by atoms with Gasteiger partial charge >= 0.3 is 0 Å². The van der Waals surface area contributed by atoms with Crippen molar-refractivity contribution in [3.63, 3.8) is 0 Å². The molecule has 6 heteroatoms. The van der Waals surface area contributed by atoms with Crippen molar-refractivity contribution < 1.29 is 0 Å². The van der Waals surface area contributed by atoms with E-state index in [4.69, 9.17) is 0 Å².